The van der Waals surface area contributed by atoms with E-state index >= 15 is 0 Å². The molecule has 7 aromatic carbocycles. The third-order valence-corrected chi connectivity index (χ3v) is 9.38. The average Bonchev–Trinajstić information content (AvgIpc) is 3.65. The summed E-state index contributed by atoms with van der Waals surface area (Å²) in [6, 6.07) is 60.8. The summed E-state index contributed by atoms with van der Waals surface area (Å²) in [5.41, 5.74) is 12.4. The number of benzene rings is 7. The second-order valence-electron chi connectivity index (χ2n) is 12.0. The van der Waals surface area contributed by atoms with Crippen molar-refractivity contribution in [2.45, 2.75) is 6.42 Å². The minimum atomic E-state index is 0.324. The lowest BCUT2D eigenvalue weighted by Gasteiger charge is -2.18. The highest BCUT2D eigenvalue weighted by molar-refractivity contribution is 6.10. The van der Waals surface area contributed by atoms with E-state index in [9.17, 15) is 5.26 Å². The van der Waals surface area contributed by atoms with Crippen molar-refractivity contribution in [1.82, 2.24) is 9.13 Å². The Morgan fingerprint density at radius 3 is 1.47 bits per heavy atom. The maximum Gasteiger partial charge on any atom is 0.0670 e. The van der Waals surface area contributed by atoms with Crippen molar-refractivity contribution in [2.75, 3.05) is 0 Å². The van der Waals surface area contributed by atoms with E-state index in [1.165, 1.54) is 32.6 Å². The maximum atomic E-state index is 9.90. The van der Waals surface area contributed by atoms with Crippen molar-refractivity contribution in [3.63, 3.8) is 0 Å². The molecule has 9 aromatic rings. The van der Waals surface area contributed by atoms with Crippen LogP contribution in [0.3, 0.4) is 0 Å². The normalized spacial score (nSPS) is 11.5. The molecule has 0 unspecified atom stereocenters. The fourth-order valence-corrected chi connectivity index (χ4v) is 7.37. The van der Waals surface area contributed by atoms with Crippen LogP contribution in [-0.2, 0) is 6.42 Å². The molecule has 0 amide bonds. The van der Waals surface area contributed by atoms with Gasteiger partial charge < -0.3 is 9.13 Å². The zero-order chi connectivity index (χ0) is 31.3. The lowest BCUT2D eigenvalue weighted by Crippen LogP contribution is -2.02. The summed E-state index contributed by atoms with van der Waals surface area (Å²) < 4.78 is 4.71. The summed E-state index contributed by atoms with van der Waals surface area (Å²) >= 11 is 0. The molecule has 0 saturated carbocycles. The minimum Gasteiger partial charge on any atom is -0.309 e. The molecule has 0 aliphatic rings. The number of aromatic nitrogens is 2. The molecule has 0 N–H and O–H groups in total. The number of fused-ring (bicyclic) bond motifs is 6. The van der Waals surface area contributed by atoms with E-state index in [1.807, 2.05) is 0 Å². The molecule has 0 bridgehead atoms. The number of para-hydroxylation sites is 5. The first kappa shape index (κ1) is 27.0. The number of hydrogen-bond acceptors (Lipinski definition) is 1. The smallest absolute Gasteiger partial charge is 0.0670 e. The Morgan fingerprint density at radius 1 is 0.426 bits per heavy atom. The Morgan fingerprint density at radius 2 is 0.894 bits per heavy atom. The lowest BCUT2D eigenvalue weighted by molar-refractivity contribution is 1.12. The molecule has 2 heterocycles. The molecule has 0 fully saturated rings. The Bertz CT molecular complexity index is 2570. The van der Waals surface area contributed by atoms with E-state index in [0.717, 1.165) is 50.2 Å². The first-order valence-corrected chi connectivity index (χ1v) is 16.0. The van der Waals surface area contributed by atoms with Crippen LogP contribution in [-0.4, -0.2) is 9.13 Å². The van der Waals surface area contributed by atoms with Crippen LogP contribution in [0.5, 0.6) is 0 Å². The third-order valence-electron chi connectivity index (χ3n) is 9.38. The summed E-state index contributed by atoms with van der Waals surface area (Å²) in [7, 11) is 0. The van der Waals surface area contributed by atoms with Gasteiger partial charge in [0.2, 0.25) is 0 Å². The fraction of sp³-hybridized carbons (Fsp3) is 0.0227. The SMILES string of the molecule is N#CCc1cccc(-c2cccc(-c3cccc(-n4c5ccccc5c5ccccc54)c3)c2)c1-n1c2ccccc2c2ccccc21. The van der Waals surface area contributed by atoms with Gasteiger partial charge in [-0.15, -0.1) is 0 Å². The van der Waals surface area contributed by atoms with Gasteiger partial charge in [0.05, 0.1) is 40.2 Å². The van der Waals surface area contributed by atoms with Gasteiger partial charge in [-0.25, -0.2) is 0 Å². The van der Waals surface area contributed by atoms with Crippen molar-refractivity contribution in [3.8, 4) is 39.7 Å². The monoisotopic (exact) mass is 599 g/mol. The average molecular weight is 600 g/mol. The van der Waals surface area contributed by atoms with E-state index in [0.29, 0.717) is 6.42 Å². The van der Waals surface area contributed by atoms with Crippen LogP contribution in [0, 0.1) is 11.3 Å². The quantitative estimate of drug-likeness (QED) is 0.194. The second kappa shape index (κ2) is 10.9. The molecular weight excluding hydrogens is 571 g/mol. The molecule has 3 heteroatoms. The van der Waals surface area contributed by atoms with Gasteiger partial charge in [0.1, 0.15) is 0 Å². The van der Waals surface area contributed by atoms with Crippen molar-refractivity contribution in [2.24, 2.45) is 0 Å². The van der Waals surface area contributed by atoms with E-state index in [4.69, 9.17) is 0 Å². The molecular formula is C44H29N3. The van der Waals surface area contributed by atoms with Crippen molar-refractivity contribution in [3.05, 3.63) is 169 Å². The molecule has 0 aliphatic carbocycles. The number of rotatable bonds is 5. The van der Waals surface area contributed by atoms with Crippen LogP contribution >= 0.6 is 0 Å². The molecule has 0 radical (unpaired) electrons. The summed E-state index contributed by atoms with van der Waals surface area (Å²) in [6.45, 7) is 0. The van der Waals surface area contributed by atoms with Crippen LogP contribution in [0.25, 0.3) is 77.2 Å². The topological polar surface area (TPSA) is 33.6 Å². The van der Waals surface area contributed by atoms with Crippen LogP contribution in [0.15, 0.2) is 164 Å². The summed E-state index contributed by atoms with van der Waals surface area (Å²) in [4.78, 5) is 0. The van der Waals surface area contributed by atoms with E-state index in [2.05, 4.69) is 179 Å². The zero-order valence-corrected chi connectivity index (χ0v) is 25.6. The molecule has 0 spiro atoms. The summed E-state index contributed by atoms with van der Waals surface area (Å²) in [5.74, 6) is 0. The maximum absolute atomic E-state index is 9.90. The van der Waals surface area contributed by atoms with Gasteiger partial charge in [-0.3, -0.25) is 0 Å². The Hall–Kier alpha value is -6.37. The van der Waals surface area contributed by atoms with E-state index < -0.39 is 0 Å². The zero-order valence-electron chi connectivity index (χ0n) is 25.6. The van der Waals surface area contributed by atoms with Gasteiger partial charge in [0.25, 0.3) is 0 Å². The summed E-state index contributed by atoms with van der Waals surface area (Å²) in [6.07, 6.45) is 0.324. The van der Waals surface area contributed by atoms with Gasteiger partial charge >= 0.3 is 0 Å². The van der Waals surface area contributed by atoms with Gasteiger partial charge in [-0.05, 0) is 64.7 Å². The highest BCUT2D eigenvalue weighted by Gasteiger charge is 2.19. The largest absolute Gasteiger partial charge is 0.309 e. The summed E-state index contributed by atoms with van der Waals surface area (Å²) in [5, 5.41) is 14.8. The second-order valence-corrected chi connectivity index (χ2v) is 12.0. The predicted octanol–water partition coefficient (Wildman–Crippen LogP) is 11.3. The first-order valence-electron chi connectivity index (χ1n) is 16.0. The molecule has 220 valence electrons. The van der Waals surface area contributed by atoms with Gasteiger partial charge in [0, 0.05) is 32.8 Å². The van der Waals surface area contributed by atoms with E-state index in [-0.39, 0.29) is 0 Å². The van der Waals surface area contributed by atoms with Crippen LogP contribution in [0.1, 0.15) is 5.56 Å². The van der Waals surface area contributed by atoms with Crippen molar-refractivity contribution >= 4 is 43.6 Å². The van der Waals surface area contributed by atoms with Gasteiger partial charge in [0.15, 0.2) is 0 Å². The standard InChI is InChI=1S/C44H29N3/c45-27-26-30-12-11-21-35(44(30)47-42-24-7-3-19-38(42)39-20-4-8-25-43(39)47)33-15-9-13-31(28-33)32-14-10-16-34(29-32)46-40-22-5-1-17-36(40)37-18-2-6-23-41(37)46/h1-25,28-29H,26H2. The molecule has 0 atom stereocenters. The third kappa shape index (κ3) is 4.27. The highest BCUT2D eigenvalue weighted by Crippen LogP contribution is 2.39. The first-order chi connectivity index (χ1) is 23.3. The molecule has 3 nitrogen and oxygen atoms in total. The van der Waals surface area contributed by atoms with Crippen molar-refractivity contribution < 1.29 is 0 Å². The van der Waals surface area contributed by atoms with Crippen LogP contribution in [0.4, 0.5) is 0 Å². The fourth-order valence-electron chi connectivity index (χ4n) is 7.37. The lowest BCUT2D eigenvalue weighted by atomic mass is 9.95. The Kier molecular flexibility index (Phi) is 6.26. The Labute approximate surface area is 272 Å². The number of nitriles is 1. The molecule has 47 heavy (non-hydrogen) atoms. The highest BCUT2D eigenvalue weighted by atomic mass is 15.0. The van der Waals surface area contributed by atoms with Crippen LogP contribution in [0.2, 0.25) is 0 Å². The number of hydrogen-bond donors (Lipinski definition) is 0. The molecule has 0 aliphatic heterocycles. The number of nitrogens with zero attached hydrogens (tertiary/aromatic N) is 3. The minimum absolute atomic E-state index is 0.324. The van der Waals surface area contributed by atoms with Crippen molar-refractivity contribution in [1.29, 1.82) is 5.26 Å². The molecule has 0 saturated heterocycles. The van der Waals surface area contributed by atoms with Gasteiger partial charge in [-0.1, -0.05) is 121 Å². The Balaban J connectivity index is 1.23. The van der Waals surface area contributed by atoms with Crippen LogP contribution < -0.4 is 0 Å². The van der Waals surface area contributed by atoms with Gasteiger partial charge in [-0.2, -0.15) is 5.26 Å². The predicted molar refractivity (Wildman–Crippen MR) is 195 cm³/mol. The molecule has 9 rings (SSSR count). The van der Waals surface area contributed by atoms with E-state index in [1.54, 1.807) is 0 Å². The molecule has 2 aromatic heterocycles.